The van der Waals surface area contributed by atoms with E-state index in [4.69, 9.17) is 5.14 Å². The van der Waals surface area contributed by atoms with Gasteiger partial charge in [0.1, 0.15) is 26.6 Å². The van der Waals surface area contributed by atoms with Crippen LogP contribution in [0.25, 0.3) is 0 Å². The molecule has 0 aliphatic carbocycles. The lowest BCUT2D eigenvalue weighted by molar-refractivity contribution is 0.618. The first kappa shape index (κ1) is 20.8. The number of aromatic nitrogens is 1. The Bertz CT molecular complexity index is 883. The van der Waals surface area contributed by atoms with E-state index in [-0.39, 0.29) is 24.3 Å². The summed E-state index contributed by atoms with van der Waals surface area (Å²) in [4.78, 5) is 4.27. The average molecular weight is 399 g/mol. The molecule has 26 heavy (non-hydrogen) atoms. The van der Waals surface area contributed by atoms with Crippen molar-refractivity contribution in [1.82, 2.24) is 4.98 Å². The Morgan fingerprint density at radius 3 is 2.19 bits per heavy atom. The van der Waals surface area contributed by atoms with Crippen LogP contribution in [0.3, 0.4) is 0 Å². The molecule has 0 amide bonds. The summed E-state index contributed by atoms with van der Waals surface area (Å²) in [6, 6.07) is 3.07. The Balaban J connectivity index is 2.37. The van der Waals surface area contributed by atoms with E-state index in [1.807, 2.05) is 34.6 Å². The predicted octanol–water partition coefficient (Wildman–Crippen LogP) is 4.92. The number of thiazole rings is 1. The van der Waals surface area contributed by atoms with Crippen molar-refractivity contribution < 1.29 is 8.60 Å². The number of nitrogens with zero attached hydrogens (tertiary/aromatic N) is 2. The second kappa shape index (κ2) is 8.02. The number of benzene rings is 1. The van der Waals surface area contributed by atoms with Crippen LogP contribution < -0.4 is 10.5 Å². The second-order valence-corrected chi connectivity index (χ2v) is 10.2. The summed E-state index contributed by atoms with van der Waals surface area (Å²) in [7, 11) is -3.02. The van der Waals surface area contributed by atoms with Crippen LogP contribution in [0, 0.1) is 19.7 Å². The zero-order valence-electron chi connectivity index (χ0n) is 16.1. The fraction of sp³-hybridized carbons (Fsp3) is 0.500. The minimum Gasteiger partial charge on any atom is -0.365 e. The van der Waals surface area contributed by atoms with Gasteiger partial charge in [0, 0.05) is 5.69 Å². The Labute approximate surface area is 159 Å². The lowest BCUT2D eigenvalue weighted by Gasteiger charge is -2.20. The van der Waals surface area contributed by atoms with Crippen LogP contribution in [0.15, 0.2) is 20.7 Å². The van der Waals surface area contributed by atoms with E-state index in [1.165, 1.54) is 23.5 Å². The second-order valence-electron chi connectivity index (χ2n) is 6.91. The monoisotopic (exact) mass is 398 g/mol. The summed E-state index contributed by atoms with van der Waals surface area (Å²) in [5.74, 6) is 0.0249. The molecule has 1 aromatic carbocycles. The van der Waals surface area contributed by atoms with Crippen LogP contribution >= 0.6 is 11.3 Å². The topological polar surface area (TPSA) is 80.4 Å². The van der Waals surface area contributed by atoms with Gasteiger partial charge >= 0.3 is 0 Å². The third-order valence-corrected chi connectivity index (χ3v) is 7.22. The highest BCUT2D eigenvalue weighted by atomic mass is 32.2. The number of hydrogen-bond acceptors (Lipinski definition) is 5. The molecule has 2 aromatic rings. The van der Waals surface area contributed by atoms with E-state index in [9.17, 15) is 8.60 Å². The highest BCUT2D eigenvalue weighted by molar-refractivity contribution is 7.93. The Morgan fingerprint density at radius 1 is 1.23 bits per heavy atom. The van der Waals surface area contributed by atoms with Gasteiger partial charge in [-0.05, 0) is 48.9 Å². The van der Waals surface area contributed by atoms with Gasteiger partial charge in [-0.2, -0.15) is 4.36 Å². The molecule has 2 rings (SSSR count). The quantitative estimate of drug-likeness (QED) is 0.725. The highest BCUT2D eigenvalue weighted by Gasteiger charge is 2.17. The summed E-state index contributed by atoms with van der Waals surface area (Å²) in [5.41, 5.74) is 3.23. The van der Waals surface area contributed by atoms with Gasteiger partial charge in [-0.3, -0.25) is 0 Å². The van der Waals surface area contributed by atoms with Crippen LogP contribution in [0.1, 0.15) is 61.4 Å². The summed E-state index contributed by atoms with van der Waals surface area (Å²) in [5, 5.41) is 9.99. The zero-order chi connectivity index (χ0) is 19.6. The van der Waals surface area contributed by atoms with E-state index >= 15 is 0 Å². The van der Waals surface area contributed by atoms with E-state index in [0.29, 0.717) is 9.90 Å². The molecule has 3 N–H and O–H groups in total. The molecule has 0 spiro atoms. The number of rotatable bonds is 6. The molecular formula is C18H27FN4OS2. The summed E-state index contributed by atoms with van der Waals surface area (Å²) in [6.07, 6.45) is 0. The lowest BCUT2D eigenvalue weighted by atomic mass is 9.92. The molecule has 1 unspecified atom stereocenters. The Morgan fingerprint density at radius 2 is 1.77 bits per heavy atom. The standard InChI is InChI=1S/C18H27FN4OS2/c1-10(2)15-7-14(19)8-16(11(3)4)17(15)21-9-22-26(20,24)18-12(5)23-13(6)25-18/h7-8,10-11,21H,9H2,1-6H3,(H2,20,22,24). The fourth-order valence-electron chi connectivity index (χ4n) is 2.81. The van der Waals surface area contributed by atoms with Gasteiger partial charge in [0.05, 0.1) is 10.7 Å². The number of nitrogens with one attached hydrogen (secondary N) is 1. The predicted molar refractivity (Wildman–Crippen MR) is 108 cm³/mol. The maximum absolute atomic E-state index is 14.0. The first-order valence-electron chi connectivity index (χ1n) is 8.54. The van der Waals surface area contributed by atoms with Crippen molar-refractivity contribution in [1.29, 1.82) is 0 Å². The fourth-order valence-corrected chi connectivity index (χ4v) is 5.30. The summed E-state index contributed by atoms with van der Waals surface area (Å²) < 4.78 is 31.5. The largest absolute Gasteiger partial charge is 0.365 e. The maximum Gasteiger partial charge on any atom is 0.148 e. The molecule has 0 aliphatic rings. The minimum atomic E-state index is -3.02. The van der Waals surface area contributed by atoms with Crippen LogP contribution in [-0.4, -0.2) is 15.9 Å². The molecule has 0 saturated heterocycles. The molecule has 0 bridgehead atoms. The molecule has 0 radical (unpaired) electrons. The number of nitrogens with two attached hydrogens (primary N) is 1. The molecule has 144 valence electrons. The van der Waals surface area contributed by atoms with E-state index in [2.05, 4.69) is 14.7 Å². The molecule has 0 saturated carbocycles. The number of aryl methyl sites for hydroxylation is 2. The average Bonchev–Trinajstić information content (AvgIpc) is 2.87. The molecule has 8 heteroatoms. The number of halogens is 1. The molecule has 1 heterocycles. The van der Waals surface area contributed by atoms with Crippen LogP contribution in [0.4, 0.5) is 10.1 Å². The van der Waals surface area contributed by atoms with Crippen molar-refractivity contribution in [3.8, 4) is 0 Å². The maximum atomic E-state index is 14.0. The Hall–Kier alpha value is -1.51. The number of hydrogen-bond donors (Lipinski definition) is 2. The summed E-state index contributed by atoms with van der Waals surface area (Å²) >= 11 is 1.30. The highest BCUT2D eigenvalue weighted by Crippen LogP contribution is 2.33. The lowest BCUT2D eigenvalue weighted by Crippen LogP contribution is -2.16. The van der Waals surface area contributed by atoms with E-state index in [0.717, 1.165) is 21.8 Å². The van der Waals surface area contributed by atoms with Crippen LogP contribution in [0.2, 0.25) is 0 Å². The van der Waals surface area contributed by atoms with Gasteiger partial charge in [-0.25, -0.2) is 18.7 Å². The SMILES string of the molecule is Cc1nc(C)c(S(N)(=O)=NCNc2c(C(C)C)cc(F)cc2C(C)C)s1. The third-order valence-electron chi connectivity index (χ3n) is 4.05. The van der Waals surface area contributed by atoms with E-state index in [1.54, 1.807) is 6.92 Å². The van der Waals surface area contributed by atoms with Gasteiger partial charge in [-0.15, -0.1) is 11.3 Å². The molecule has 0 fully saturated rings. The van der Waals surface area contributed by atoms with Gasteiger partial charge < -0.3 is 5.32 Å². The normalized spacial score (nSPS) is 13.9. The van der Waals surface area contributed by atoms with Crippen LogP contribution in [0.5, 0.6) is 0 Å². The minimum absolute atomic E-state index is 0.0802. The van der Waals surface area contributed by atoms with Crippen LogP contribution in [-0.2, 0) is 9.92 Å². The first-order valence-corrected chi connectivity index (χ1v) is 10.9. The third kappa shape index (κ3) is 4.61. The smallest absolute Gasteiger partial charge is 0.148 e. The van der Waals surface area contributed by atoms with Gasteiger partial charge in [-0.1, -0.05) is 27.7 Å². The van der Waals surface area contributed by atoms with Crippen molar-refractivity contribution in [2.45, 2.75) is 57.6 Å². The molecule has 5 nitrogen and oxygen atoms in total. The Kier molecular flexibility index (Phi) is 6.42. The van der Waals surface area contributed by atoms with Crippen molar-refractivity contribution in [3.05, 3.63) is 39.8 Å². The van der Waals surface area contributed by atoms with Crippen molar-refractivity contribution in [3.63, 3.8) is 0 Å². The van der Waals surface area contributed by atoms with Gasteiger partial charge in [0.15, 0.2) is 0 Å². The zero-order valence-corrected chi connectivity index (χ0v) is 17.7. The van der Waals surface area contributed by atoms with Gasteiger partial charge in [0.25, 0.3) is 0 Å². The molecule has 1 atom stereocenters. The van der Waals surface area contributed by atoms with Crippen molar-refractivity contribution in [2.24, 2.45) is 9.50 Å². The molecule has 1 aromatic heterocycles. The van der Waals surface area contributed by atoms with Crippen molar-refractivity contribution in [2.75, 3.05) is 12.0 Å². The van der Waals surface area contributed by atoms with Crippen molar-refractivity contribution >= 4 is 26.9 Å². The first-order chi connectivity index (χ1) is 12.0. The molecule has 0 aliphatic heterocycles. The summed E-state index contributed by atoms with van der Waals surface area (Å²) in [6.45, 7) is 11.7. The molecular weight excluding hydrogens is 371 g/mol. The van der Waals surface area contributed by atoms with E-state index < -0.39 is 9.92 Å². The van der Waals surface area contributed by atoms with Gasteiger partial charge in [0.2, 0.25) is 0 Å². The number of anilines is 1.